The number of nitrogens with zero attached hydrogens (tertiary/aromatic N) is 4. The lowest BCUT2D eigenvalue weighted by atomic mass is 9.32. The SMILES string of the molecule is CC(C)(C)C1=CC2c3cc(C(C)(C)C)ccc3N3c4cc(-n5c6ccccc6c6ccccc65)cc5c4B(C(=C1)C23)c1cc2c(cc1S5)C1(c3ccccc3-2)c2ccccc2-c2cc3c(cc21)Sc1cc(-n2c4ccccc4c4ccccc42)cc2c1B3c1cc(C(C)(C)C)cc3c4cc(C(C)(C)C)ccc4n-2c13. The minimum absolute atomic E-state index is 0.00980. The Labute approximate surface area is 646 Å². The molecule has 5 aliphatic heterocycles. The first-order chi connectivity index (χ1) is 52.6. The summed E-state index contributed by atoms with van der Waals surface area (Å²) in [6.07, 6.45) is 5.36. The molecule has 8 heteroatoms. The summed E-state index contributed by atoms with van der Waals surface area (Å²) in [7, 11) is 0. The standard InChI is InChI=1S/C101H80B2N4S2/c1-97(2,3)55-37-39-85-69(41-55)71-43-57(99(7,8)9)45-79-95(71)106(85)87-47-59(104-81-33-21-15-27-63(81)64-28-16-22-34-82(64)104)49-91-93(87)102(79)77-51-67-61-25-13-19-31-73(61)101(75(67)53-89(77)108-91)74-32-20-14-26-62(74)68-52-78-90(54-76(68)101)109-92-50-60(105-83-35-23-17-29-65(83)66-30-18-24-36-84(66)105)48-88-94(92)103(78)80-46-58(100(10,11)12)44-72-70-42-56(98(4,5)6)38-40-86(70)107(88)96(72)80/h13-54,71,95H,1-12H3. The molecule has 8 heterocycles. The van der Waals surface area contributed by atoms with Crippen molar-refractivity contribution in [1.82, 2.24) is 13.7 Å². The second-order valence-electron chi connectivity index (χ2n) is 36.7. The maximum atomic E-state index is 2.80. The third-order valence-electron chi connectivity index (χ3n) is 26.7. The Balaban J connectivity index is 0.764. The van der Waals surface area contributed by atoms with E-state index in [1.807, 2.05) is 23.5 Å². The Morgan fingerprint density at radius 3 is 1.35 bits per heavy atom. The summed E-state index contributed by atoms with van der Waals surface area (Å²) in [6, 6.07) is 96.7. The molecule has 16 aromatic rings. The summed E-state index contributed by atoms with van der Waals surface area (Å²) in [5.74, 6) is 0.166. The van der Waals surface area contributed by atoms with Crippen LogP contribution < -0.4 is 32.2 Å². The molecule has 13 aromatic carbocycles. The highest BCUT2D eigenvalue weighted by atomic mass is 32.2. The summed E-state index contributed by atoms with van der Waals surface area (Å²) < 4.78 is 7.81. The number of allylic oxidation sites excluding steroid dienone is 2. The number of anilines is 2. The van der Waals surface area contributed by atoms with E-state index in [0.717, 1.165) is 0 Å². The molecule has 8 aliphatic rings. The summed E-state index contributed by atoms with van der Waals surface area (Å²) in [5, 5.41) is 7.75. The van der Waals surface area contributed by atoms with Gasteiger partial charge < -0.3 is 18.6 Å². The van der Waals surface area contributed by atoms with Gasteiger partial charge in [0, 0.05) is 91.8 Å². The number of hydrogen-bond donors (Lipinski definition) is 0. The van der Waals surface area contributed by atoms with Crippen molar-refractivity contribution in [2.45, 2.75) is 136 Å². The molecular weight excluding hydrogens is 1350 g/mol. The van der Waals surface area contributed by atoms with Gasteiger partial charge >= 0.3 is 0 Å². The second kappa shape index (κ2) is 21.0. The molecule has 522 valence electrons. The maximum absolute atomic E-state index is 2.80. The van der Waals surface area contributed by atoms with Crippen molar-refractivity contribution in [3.05, 3.63) is 310 Å². The molecule has 0 saturated carbocycles. The van der Waals surface area contributed by atoms with Gasteiger partial charge in [0.15, 0.2) is 0 Å². The van der Waals surface area contributed by atoms with Crippen LogP contribution in [0.4, 0.5) is 11.4 Å². The second-order valence-corrected chi connectivity index (χ2v) is 38.9. The highest BCUT2D eigenvalue weighted by Crippen LogP contribution is 2.65. The van der Waals surface area contributed by atoms with Gasteiger partial charge in [-0.25, -0.2) is 0 Å². The van der Waals surface area contributed by atoms with E-state index in [-0.39, 0.29) is 47.0 Å². The molecule has 3 unspecified atom stereocenters. The van der Waals surface area contributed by atoms with Crippen molar-refractivity contribution >= 4 is 141 Å². The maximum Gasteiger partial charge on any atom is 0.249 e. The third kappa shape index (κ3) is 8.16. The van der Waals surface area contributed by atoms with E-state index >= 15 is 0 Å². The van der Waals surface area contributed by atoms with Gasteiger partial charge in [0.2, 0.25) is 13.4 Å². The normalized spacial score (nSPS) is 17.9. The van der Waals surface area contributed by atoms with Gasteiger partial charge in [-0.3, -0.25) is 0 Å². The lowest BCUT2D eigenvalue weighted by Gasteiger charge is -2.46. The van der Waals surface area contributed by atoms with Crippen LogP contribution in [0.2, 0.25) is 0 Å². The third-order valence-corrected chi connectivity index (χ3v) is 28.9. The van der Waals surface area contributed by atoms with E-state index in [4.69, 9.17) is 0 Å². The molecule has 109 heavy (non-hydrogen) atoms. The van der Waals surface area contributed by atoms with Gasteiger partial charge in [-0.15, -0.1) is 0 Å². The predicted molar refractivity (Wildman–Crippen MR) is 463 cm³/mol. The molecule has 4 nitrogen and oxygen atoms in total. The topological polar surface area (TPSA) is 18.0 Å². The van der Waals surface area contributed by atoms with E-state index in [1.54, 1.807) is 0 Å². The number of aromatic nitrogens is 3. The molecule has 0 fully saturated rings. The average molecular weight is 1440 g/mol. The summed E-state index contributed by atoms with van der Waals surface area (Å²) >= 11 is 4.02. The fourth-order valence-electron chi connectivity index (χ4n) is 21.6. The first kappa shape index (κ1) is 63.3. The molecule has 3 aliphatic carbocycles. The van der Waals surface area contributed by atoms with E-state index < -0.39 is 5.41 Å². The van der Waals surface area contributed by atoms with Crippen molar-refractivity contribution < 1.29 is 0 Å². The van der Waals surface area contributed by atoms with Crippen molar-refractivity contribution in [3.8, 4) is 39.3 Å². The minimum Gasteiger partial charge on any atom is -0.334 e. The highest BCUT2D eigenvalue weighted by Gasteiger charge is 2.57. The number of fused-ring (bicyclic) bond motifs is 30. The fourth-order valence-corrected chi connectivity index (χ4v) is 24.1. The Morgan fingerprint density at radius 2 is 0.807 bits per heavy atom. The van der Waals surface area contributed by atoms with Gasteiger partial charge in [0.1, 0.15) is 0 Å². The summed E-state index contributed by atoms with van der Waals surface area (Å²) in [4.78, 5) is 8.14. The predicted octanol–water partition coefficient (Wildman–Crippen LogP) is 22.7. The van der Waals surface area contributed by atoms with E-state index in [1.165, 1.54) is 219 Å². The van der Waals surface area contributed by atoms with Crippen molar-refractivity contribution in [2.75, 3.05) is 4.90 Å². The van der Waals surface area contributed by atoms with Crippen molar-refractivity contribution in [2.24, 2.45) is 5.41 Å². The zero-order valence-corrected chi connectivity index (χ0v) is 65.3. The highest BCUT2D eigenvalue weighted by molar-refractivity contribution is 8.00. The van der Waals surface area contributed by atoms with Crippen LogP contribution in [0.15, 0.2) is 285 Å². The van der Waals surface area contributed by atoms with Gasteiger partial charge in [-0.1, -0.05) is 293 Å². The first-order valence-electron chi connectivity index (χ1n) is 39.3. The number of benzene rings is 13. The molecule has 24 rings (SSSR count). The van der Waals surface area contributed by atoms with Crippen molar-refractivity contribution in [1.29, 1.82) is 0 Å². The van der Waals surface area contributed by atoms with Crippen LogP contribution >= 0.6 is 23.5 Å². The van der Waals surface area contributed by atoms with Crippen LogP contribution in [0.3, 0.4) is 0 Å². The van der Waals surface area contributed by atoms with Gasteiger partial charge in [0.25, 0.3) is 0 Å². The number of para-hydroxylation sites is 4. The van der Waals surface area contributed by atoms with Crippen LogP contribution in [-0.2, 0) is 21.7 Å². The molecule has 0 radical (unpaired) electrons. The molecular formula is C101H80B2N4S2. The van der Waals surface area contributed by atoms with Gasteiger partial charge in [-0.2, -0.15) is 0 Å². The Hall–Kier alpha value is -10.6. The molecule has 3 atom stereocenters. The Kier molecular flexibility index (Phi) is 12.2. The molecule has 0 N–H and O–H groups in total. The van der Waals surface area contributed by atoms with Crippen LogP contribution in [-0.4, -0.2) is 33.2 Å². The van der Waals surface area contributed by atoms with Gasteiger partial charge in [0.05, 0.1) is 39.0 Å². The molecule has 0 saturated heterocycles. The molecule has 3 aromatic heterocycles. The van der Waals surface area contributed by atoms with Crippen LogP contribution in [0, 0.1) is 5.41 Å². The molecule has 1 spiro atoms. The van der Waals surface area contributed by atoms with E-state index in [0.29, 0.717) is 0 Å². The van der Waals surface area contributed by atoms with Crippen LogP contribution in [0.5, 0.6) is 0 Å². The zero-order valence-electron chi connectivity index (χ0n) is 63.7. The zero-order chi connectivity index (χ0) is 73.3. The number of hydrogen-bond acceptors (Lipinski definition) is 3. The average Bonchev–Trinajstić information content (AvgIpc) is 1.52. The monoisotopic (exact) mass is 1430 g/mol. The lowest BCUT2D eigenvalue weighted by molar-refractivity contribution is 0.505. The Bertz CT molecular complexity index is 6910. The molecule has 0 amide bonds. The van der Waals surface area contributed by atoms with Gasteiger partial charge in [-0.05, 0) is 195 Å². The first-order valence-corrected chi connectivity index (χ1v) is 41.0. The number of rotatable bonds is 2. The van der Waals surface area contributed by atoms with Crippen LogP contribution in [0.25, 0.3) is 105 Å². The van der Waals surface area contributed by atoms with Crippen molar-refractivity contribution in [3.63, 3.8) is 0 Å². The summed E-state index contributed by atoms with van der Waals surface area (Å²) in [5.41, 5.74) is 39.3. The van der Waals surface area contributed by atoms with E-state index in [9.17, 15) is 0 Å². The Morgan fingerprint density at radius 1 is 0.339 bits per heavy atom. The lowest BCUT2D eigenvalue weighted by Crippen LogP contribution is -2.59. The van der Waals surface area contributed by atoms with E-state index in [2.05, 4.69) is 356 Å². The summed E-state index contributed by atoms with van der Waals surface area (Å²) in [6.45, 7) is 28.7. The quantitative estimate of drug-likeness (QED) is 0.161. The van der Waals surface area contributed by atoms with Crippen LogP contribution in [0.1, 0.15) is 134 Å². The fraction of sp³-hybridized carbons (Fsp3) is 0.188. The largest absolute Gasteiger partial charge is 0.334 e. The molecule has 0 bridgehead atoms. The smallest absolute Gasteiger partial charge is 0.249 e. The minimum atomic E-state index is -0.628.